The van der Waals surface area contributed by atoms with Gasteiger partial charge in [0.05, 0.1) is 0 Å². The van der Waals surface area contributed by atoms with Crippen LogP contribution in [0.3, 0.4) is 0 Å². The number of aromatic nitrogens is 1. The number of aryl methyl sites for hydroxylation is 1. The molecule has 1 heterocycles. The molecule has 0 aliphatic rings. The summed E-state index contributed by atoms with van der Waals surface area (Å²) in [5.41, 5.74) is 6.37. The second kappa shape index (κ2) is 4.21. The van der Waals surface area contributed by atoms with Crippen LogP contribution in [0.1, 0.15) is 32.9 Å². The van der Waals surface area contributed by atoms with E-state index in [2.05, 4.69) is 42.7 Å². The molecule has 0 amide bonds. The highest BCUT2D eigenvalue weighted by Crippen LogP contribution is 2.24. The predicted molar refractivity (Wildman–Crippen MR) is 70.1 cm³/mol. The summed E-state index contributed by atoms with van der Waals surface area (Å²) in [5.74, 6) is 0. The van der Waals surface area contributed by atoms with Crippen molar-refractivity contribution in [1.29, 1.82) is 0 Å². The van der Waals surface area contributed by atoms with Gasteiger partial charge in [0.25, 0.3) is 0 Å². The van der Waals surface area contributed by atoms with Gasteiger partial charge in [0, 0.05) is 22.6 Å². The summed E-state index contributed by atoms with van der Waals surface area (Å²) in [7, 11) is 0. The van der Waals surface area contributed by atoms with E-state index < -0.39 is 0 Å². The summed E-state index contributed by atoms with van der Waals surface area (Å²) in [6, 6.07) is 8.35. The van der Waals surface area contributed by atoms with Crippen molar-refractivity contribution >= 4 is 6.29 Å². The first kappa shape index (κ1) is 11.6. The molecule has 0 N–H and O–H groups in total. The monoisotopic (exact) mass is 227 g/mol. The van der Waals surface area contributed by atoms with Gasteiger partial charge in [-0.25, -0.2) is 0 Å². The summed E-state index contributed by atoms with van der Waals surface area (Å²) < 4.78 is 2.14. The molecule has 0 saturated heterocycles. The van der Waals surface area contributed by atoms with E-state index in [1.54, 1.807) is 0 Å². The minimum Gasteiger partial charge on any atom is -0.318 e. The van der Waals surface area contributed by atoms with Crippen molar-refractivity contribution in [3.8, 4) is 5.69 Å². The van der Waals surface area contributed by atoms with Crippen LogP contribution in [0.15, 0.2) is 24.3 Å². The van der Waals surface area contributed by atoms with Crippen molar-refractivity contribution in [3.63, 3.8) is 0 Å². The lowest BCUT2D eigenvalue weighted by Gasteiger charge is -2.09. The maximum absolute atomic E-state index is 11.1. The van der Waals surface area contributed by atoms with Gasteiger partial charge in [-0.05, 0) is 45.4 Å². The highest BCUT2D eigenvalue weighted by atomic mass is 16.1. The number of hydrogen-bond acceptors (Lipinski definition) is 1. The maximum atomic E-state index is 11.1. The zero-order valence-electron chi connectivity index (χ0n) is 10.7. The van der Waals surface area contributed by atoms with Crippen LogP contribution in [-0.4, -0.2) is 10.9 Å². The van der Waals surface area contributed by atoms with E-state index in [-0.39, 0.29) is 0 Å². The Morgan fingerprint density at radius 1 is 0.941 bits per heavy atom. The normalized spacial score (nSPS) is 10.6. The molecule has 0 atom stereocenters. The summed E-state index contributed by atoms with van der Waals surface area (Å²) in [4.78, 5) is 11.1. The summed E-state index contributed by atoms with van der Waals surface area (Å²) in [6.45, 7) is 8.11. The van der Waals surface area contributed by atoms with Gasteiger partial charge in [-0.15, -0.1) is 0 Å². The van der Waals surface area contributed by atoms with Gasteiger partial charge in [-0.1, -0.05) is 17.7 Å². The summed E-state index contributed by atoms with van der Waals surface area (Å²) in [6.07, 6.45) is 0.947. The Hall–Kier alpha value is -1.83. The molecule has 2 heteroatoms. The van der Waals surface area contributed by atoms with E-state index in [1.165, 1.54) is 5.56 Å². The van der Waals surface area contributed by atoms with Crippen LogP contribution < -0.4 is 0 Å². The summed E-state index contributed by atoms with van der Waals surface area (Å²) >= 11 is 0. The van der Waals surface area contributed by atoms with Gasteiger partial charge in [-0.3, -0.25) is 4.79 Å². The molecule has 0 radical (unpaired) electrons. The SMILES string of the molecule is Cc1ccc(-n2c(C)c(C)c(C=O)c2C)cc1. The van der Waals surface area contributed by atoms with Crippen molar-refractivity contribution < 1.29 is 4.79 Å². The Balaban J connectivity index is 2.67. The smallest absolute Gasteiger partial charge is 0.152 e. The largest absolute Gasteiger partial charge is 0.318 e. The molecular formula is C15H17NO. The Labute approximate surface area is 102 Å². The molecule has 1 aromatic carbocycles. The van der Waals surface area contributed by atoms with Gasteiger partial charge < -0.3 is 4.57 Å². The van der Waals surface area contributed by atoms with E-state index in [0.717, 1.165) is 34.5 Å². The van der Waals surface area contributed by atoms with Crippen molar-refractivity contribution in [2.75, 3.05) is 0 Å². The standard InChI is InChI=1S/C15H17NO/c1-10-5-7-14(8-6-10)16-12(3)11(2)15(9-17)13(16)4/h5-9H,1-4H3. The molecule has 0 aliphatic carbocycles. The van der Waals surface area contributed by atoms with Crippen LogP contribution >= 0.6 is 0 Å². The molecule has 0 bridgehead atoms. The lowest BCUT2D eigenvalue weighted by Crippen LogP contribution is -1.99. The lowest BCUT2D eigenvalue weighted by molar-refractivity contribution is 0.112. The van der Waals surface area contributed by atoms with Crippen LogP contribution in [0, 0.1) is 27.7 Å². The Kier molecular flexibility index (Phi) is 2.88. The van der Waals surface area contributed by atoms with Gasteiger partial charge in [0.2, 0.25) is 0 Å². The predicted octanol–water partition coefficient (Wildman–Crippen LogP) is 3.52. The molecule has 88 valence electrons. The minimum absolute atomic E-state index is 0.808. The molecule has 0 aliphatic heterocycles. The van der Waals surface area contributed by atoms with Crippen LogP contribution in [0.5, 0.6) is 0 Å². The van der Waals surface area contributed by atoms with E-state index >= 15 is 0 Å². The number of nitrogens with zero attached hydrogens (tertiary/aromatic N) is 1. The summed E-state index contributed by atoms with van der Waals surface area (Å²) in [5, 5.41) is 0. The molecule has 0 saturated carbocycles. The average molecular weight is 227 g/mol. The van der Waals surface area contributed by atoms with Crippen molar-refractivity contribution in [2.45, 2.75) is 27.7 Å². The maximum Gasteiger partial charge on any atom is 0.152 e. The first-order valence-corrected chi connectivity index (χ1v) is 5.77. The molecule has 2 rings (SSSR count). The van der Waals surface area contributed by atoms with Crippen molar-refractivity contribution in [2.24, 2.45) is 0 Å². The number of rotatable bonds is 2. The van der Waals surface area contributed by atoms with E-state index in [9.17, 15) is 4.79 Å². The number of carbonyl (C=O) groups excluding carboxylic acids is 1. The molecule has 1 aromatic heterocycles. The quantitative estimate of drug-likeness (QED) is 0.719. The van der Waals surface area contributed by atoms with Crippen LogP contribution in [0.25, 0.3) is 5.69 Å². The lowest BCUT2D eigenvalue weighted by atomic mass is 10.1. The van der Waals surface area contributed by atoms with Gasteiger partial charge >= 0.3 is 0 Å². The topological polar surface area (TPSA) is 22.0 Å². The molecular weight excluding hydrogens is 210 g/mol. The van der Waals surface area contributed by atoms with E-state index in [1.807, 2.05) is 13.8 Å². The fourth-order valence-electron chi connectivity index (χ4n) is 2.26. The third-order valence-corrected chi connectivity index (χ3v) is 3.42. The Morgan fingerprint density at radius 3 is 2.00 bits per heavy atom. The van der Waals surface area contributed by atoms with Gasteiger partial charge in [0.1, 0.15) is 0 Å². The second-order valence-corrected chi connectivity index (χ2v) is 4.50. The Morgan fingerprint density at radius 2 is 1.53 bits per heavy atom. The third kappa shape index (κ3) is 1.80. The first-order chi connectivity index (χ1) is 8.06. The third-order valence-electron chi connectivity index (χ3n) is 3.42. The molecule has 0 unspecified atom stereocenters. The van der Waals surface area contributed by atoms with Crippen LogP contribution in [0.4, 0.5) is 0 Å². The fraction of sp³-hybridized carbons (Fsp3) is 0.267. The average Bonchev–Trinajstić information content (AvgIpc) is 2.52. The molecule has 2 aromatic rings. The number of carbonyl (C=O) groups is 1. The van der Waals surface area contributed by atoms with Crippen molar-refractivity contribution in [3.05, 3.63) is 52.3 Å². The molecule has 0 fully saturated rings. The number of aldehydes is 1. The minimum atomic E-state index is 0.808. The van der Waals surface area contributed by atoms with Crippen molar-refractivity contribution in [1.82, 2.24) is 4.57 Å². The highest BCUT2D eigenvalue weighted by Gasteiger charge is 2.14. The fourth-order valence-corrected chi connectivity index (χ4v) is 2.26. The zero-order valence-corrected chi connectivity index (χ0v) is 10.7. The van der Waals surface area contributed by atoms with Crippen LogP contribution in [-0.2, 0) is 0 Å². The highest BCUT2D eigenvalue weighted by molar-refractivity contribution is 5.80. The van der Waals surface area contributed by atoms with E-state index in [0.29, 0.717) is 0 Å². The second-order valence-electron chi connectivity index (χ2n) is 4.50. The first-order valence-electron chi connectivity index (χ1n) is 5.77. The molecule has 0 spiro atoms. The van der Waals surface area contributed by atoms with Gasteiger partial charge in [-0.2, -0.15) is 0 Å². The van der Waals surface area contributed by atoms with Crippen LogP contribution in [0.2, 0.25) is 0 Å². The zero-order chi connectivity index (χ0) is 12.6. The number of hydrogen-bond donors (Lipinski definition) is 0. The number of benzene rings is 1. The molecule has 17 heavy (non-hydrogen) atoms. The van der Waals surface area contributed by atoms with Gasteiger partial charge in [0.15, 0.2) is 6.29 Å². The Bertz CT molecular complexity index is 562. The van der Waals surface area contributed by atoms with E-state index in [4.69, 9.17) is 0 Å². The molecule has 2 nitrogen and oxygen atoms in total.